The van der Waals surface area contributed by atoms with E-state index in [1.54, 1.807) is 0 Å². The lowest BCUT2D eigenvalue weighted by Crippen LogP contribution is -2.41. The van der Waals surface area contributed by atoms with Crippen molar-refractivity contribution in [2.75, 3.05) is 13.1 Å². The van der Waals surface area contributed by atoms with E-state index in [-0.39, 0.29) is 5.91 Å². The molecule has 0 spiro atoms. The summed E-state index contributed by atoms with van der Waals surface area (Å²) < 4.78 is 1.06. The van der Waals surface area contributed by atoms with Gasteiger partial charge >= 0.3 is 0 Å². The molecule has 1 aromatic carbocycles. The minimum atomic E-state index is 0.190. The first-order valence-electron chi connectivity index (χ1n) is 6.44. The van der Waals surface area contributed by atoms with Crippen LogP contribution in [0.15, 0.2) is 18.2 Å². The third kappa shape index (κ3) is 3.05. The molecule has 1 saturated heterocycles. The number of aryl methyl sites for hydroxylation is 1. The van der Waals surface area contributed by atoms with Crippen molar-refractivity contribution in [3.8, 4) is 0 Å². The van der Waals surface area contributed by atoms with E-state index >= 15 is 0 Å². The lowest BCUT2D eigenvalue weighted by molar-refractivity contribution is 0.0629. The molecule has 1 heterocycles. The number of hydrogen-bond donors (Lipinski definition) is 0. The van der Waals surface area contributed by atoms with Crippen molar-refractivity contribution in [3.05, 3.63) is 32.9 Å². The monoisotopic (exact) mass is 357 g/mol. The second-order valence-electron chi connectivity index (χ2n) is 5.94. The van der Waals surface area contributed by atoms with Crippen LogP contribution in [0.1, 0.15) is 42.6 Å². The zero-order chi connectivity index (χ0) is 13.3. The molecule has 1 aliphatic heterocycles. The van der Waals surface area contributed by atoms with Crippen LogP contribution in [0.25, 0.3) is 0 Å². The summed E-state index contributed by atoms with van der Waals surface area (Å²) >= 11 is 2.26. The predicted molar refractivity (Wildman–Crippen MR) is 82.8 cm³/mol. The summed E-state index contributed by atoms with van der Waals surface area (Å²) in [6, 6.07) is 6.05. The molecule has 3 heteroatoms. The molecule has 0 radical (unpaired) electrons. The van der Waals surface area contributed by atoms with Crippen LogP contribution in [0.3, 0.4) is 0 Å². The Kier molecular flexibility index (Phi) is 3.99. The van der Waals surface area contributed by atoms with Gasteiger partial charge in [-0.3, -0.25) is 4.79 Å². The van der Waals surface area contributed by atoms with Crippen LogP contribution in [0.4, 0.5) is 0 Å². The van der Waals surface area contributed by atoms with E-state index in [0.717, 1.165) is 35.1 Å². The Bertz CT molecular complexity index is 458. The fourth-order valence-electron chi connectivity index (χ4n) is 2.28. The number of piperidine rings is 1. The van der Waals surface area contributed by atoms with Gasteiger partial charge in [0.05, 0.1) is 5.56 Å². The number of benzene rings is 1. The predicted octanol–water partition coefficient (Wildman–Crippen LogP) is 3.86. The molecule has 0 saturated carbocycles. The van der Waals surface area contributed by atoms with Crippen molar-refractivity contribution in [1.29, 1.82) is 0 Å². The number of carbonyl (C=O) groups is 1. The Morgan fingerprint density at radius 3 is 2.44 bits per heavy atom. The zero-order valence-electron chi connectivity index (χ0n) is 11.3. The zero-order valence-corrected chi connectivity index (χ0v) is 13.5. The lowest BCUT2D eigenvalue weighted by atomic mass is 9.82. The summed E-state index contributed by atoms with van der Waals surface area (Å²) in [5.41, 5.74) is 2.44. The highest BCUT2D eigenvalue weighted by molar-refractivity contribution is 14.1. The summed E-state index contributed by atoms with van der Waals surface area (Å²) in [7, 11) is 0. The van der Waals surface area contributed by atoms with Crippen LogP contribution < -0.4 is 0 Å². The van der Waals surface area contributed by atoms with Crippen molar-refractivity contribution in [2.45, 2.75) is 33.6 Å². The Morgan fingerprint density at radius 1 is 1.28 bits per heavy atom. The van der Waals surface area contributed by atoms with Crippen molar-refractivity contribution in [1.82, 2.24) is 4.90 Å². The molecule has 0 aliphatic carbocycles. The topological polar surface area (TPSA) is 20.3 Å². The van der Waals surface area contributed by atoms with Gasteiger partial charge in [-0.05, 0) is 59.9 Å². The number of rotatable bonds is 1. The van der Waals surface area contributed by atoms with E-state index in [2.05, 4.69) is 49.4 Å². The summed E-state index contributed by atoms with van der Waals surface area (Å²) in [5.74, 6) is 0.190. The van der Waals surface area contributed by atoms with Crippen molar-refractivity contribution in [3.63, 3.8) is 0 Å². The van der Waals surface area contributed by atoms with E-state index in [4.69, 9.17) is 0 Å². The van der Waals surface area contributed by atoms with Crippen LogP contribution >= 0.6 is 22.6 Å². The largest absolute Gasteiger partial charge is 0.339 e. The number of likely N-dealkylation sites (tertiary alicyclic amines) is 1. The molecular weight excluding hydrogens is 337 g/mol. The molecule has 1 aliphatic rings. The highest BCUT2D eigenvalue weighted by Gasteiger charge is 2.28. The summed E-state index contributed by atoms with van der Waals surface area (Å²) in [4.78, 5) is 14.5. The molecule has 0 bridgehead atoms. The first-order valence-corrected chi connectivity index (χ1v) is 7.52. The average molecular weight is 357 g/mol. The molecule has 2 nitrogen and oxygen atoms in total. The second-order valence-corrected chi connectivity index (χ2v) is 7.10. The Morgan fingerprint density at radius 2 is 1.89 bits per heavy atom. The van der Waals surface area contributed by atoms with Gasteiger partial charge in [-0.25, -0.2) is 0 Å². The van der Waals surface area contributed by atoms with Gasteiger partial charge in [0, 0.05) is 16.7 Å². The molecule has 1 amide bonds. The van der Waals surface area contributed by atoms with Gasteiger partial charge in [0.15, 0.2) is 0 Å². The highest BCUT2D eigenvalue weighted by atomic mass is 127. The van der Waals surface area contributed by atoms with Gasteiger partial charge in [0.1, 0.15) is 0 Å². The molecule has 98 valence electrons. The molecule has 18 heavy (non-hydrogen) atoms. The normalized spacial score (nSPS) is 18.8. The van der Waals surface area contributed by atoms with Crippen LogP contribution in [0, 0.1) is 15.9 Å². The molecule has 2 rings (SSSR count). The first-order chi connectivity index (χ1) is 8.39. The summed E-state index contributed by atoms with van der Waals surface area (Å²) in [6.45, 7) is 8.39. The second kappa shape index (κ2) is 5.19. The van der Waals surface area contributed by atoms with E-state index < -0.39 is 0 Å². The molecule has 0 atom stereocenters. The maximum Gasteiger partial charge on any atom is 0.254 e. The van der Waals surface area contributed by atoms with Crippen molar-refractivity contribution >= 4 is 28.5 Å². The van der Waals surface area contributed by atoms with E-state index in [0.29, 0.717) is 5.41 Å². The van der Waals surface area contributed by atoms with Gasteiger partial charge in [-0.1, -0.05) is 25.5 Å². The smallest absolute Gasteiger partial charge is 0.254 e. The maximum atomic E-state index is 12.5. The molecule has 1 aromatic rings. The third-order valence-electron chi connectivity index (χ3n) is 3.76. The SMILES string of the molecule is Cc1ccc(C(=O)N2CCC(C)(C)CC2)c(I)c1. The Labute approximate surface area is 123 Å². The van der Waals surface area contributed by atoms with Crippen LogP contribution in [0.2, 0.25) is 0 Å². The van der Waals surface area contributed by atoms with Crippen molar-refractivity contribution in [2.24, 2.45) is 5.41 Å². The quantitative estimate of drug-likeness (QED) is 0.699. The summed E-state index contributed by atoms with van der Waals surface area (Å²) in [6.07, 6.45) is 2.20. The minimum absolute atomic E-state index is 0.190. The van der Waals surface area contributed by atoms with Gasteiger partial charge in [-0.15, -0.1) is 0 Å². The summed E-state index contributed by atoms with van der Waals surface area (Å²) in [5, 5.41) is 0. The standard InChI is InChI=1S/C15H20INO/c1-11-4-5-12(13(16)10-11)14(18)17-8-6-15(2,3)7-9-17/h4-5,10H,6-9H2,1-3H3. The molecule has 0 aromatic heterocycles. The number of hydrogen-bond acceptors (Lipinski definition) is 1. The maximum absolute atomic E-state index is 12.5. The van der Waals surface area contributed by atoms with Gasteiger partial charge < -0.3 is 4.90 Å². The first kappa shape index (κ1) is 13.8. The minimum Gasteiger partial charge on any atom is -0.339 e. The van der Waals surface area contributed by atoms with E-state index in [1.165, 1.54) is 5.56 Å². The molecule has 0 unspecified atom stereocenters. The fourth-order valence-corrected chi connectivity index (χ4v) is 3.18. The van der Waals surface area contributed by atoms with Crippen molar-refractivity contribution < 1.29 is 4.79 Å². The van der Waals surface area contributed by atoms with E-state index in [9.17, 15) is 4.79 Å². The molecule has 1 fully saturated rings. The van der Waals surface area contributed by atoms with Gasteiger partial charge in [0.2, 0.25) is 0 Å². The van der Waals surface area contributed by atoms with Crippen LogP contribution in [-0.2, 0) is 0 Å². The average Bonchev–Trinajstić information content (AvgIpc) is 2.28. The van der Waals surface area contributed by atoms with E-state index in [1.807, 2.05) is 17.0 Å². The molecule has 0 N–H and O–H groups in total. The molecular formula is C15H20INO. The highest BCUT2D eigenvalue weighted by Crippen LogP contribution is 2.30. The fraction of sp³-hybridized carbons (Fsp3) is 0.533. The van der Waals surface area contributed by atoms with Crippen LogP contribution in [0.5, 0.6) is 0 Å². The third-order valence-corrected chi connectivity index (χ3v) is 4.65. The van der Waals surface area contributed by atoms with Gasteiger partial charge in [-0.2, -0.15) is 0 Å². The number of amides is 1. The van der Waals surface area contributed by atoms with Gasteiger partial charge in [0.25, 0.3) is 5.91 Å². The number of carbonyl (C=O) groups excluding carboxylic acids is 1. The number of nitrogens with zero attached hydrogens (tertiary/aromatic N) is 1. The van der Waals surface area contributed by atoms with Crippen LogP contribution in [-0.4, -0.2) is 23.9 Å². The Hall–Kier alpha value is -0.580. The number of halogens is 1. The Balaban J connectivity index is 2.13. The lowest BCUT2D eigenvalue weighted by Gasteiger charge is -2.37.